The van der Waals surface area contributed by atoms with Crippen LogP contribution < -0.4 is 10.6 Å². The summed E-state index contributed by atoms with van der Waals surface area (Å²) in [4.78, 5) is 9.13. The molecule has 8 heteroatoms. The molecule has 0 bridgehead atoms. The summed E-state index contributed by atoms with van der Waals surface area (Å²) >= 11 is 0.957. The van der Waals surface area contributed by atoms with Crippen molar-refractivity contribution in [3.05, 3.63) is 35.0 Å². The number of hydrogen-bond acceptors (Lipinski definition) is 5. The first-order valence-electron chi connectivity index (χ1n) is 5.30. The van der Waals surface area contributed by atoms with Crippen LogP contribution in [0.15, 0.2) is 23.7 Å². The molecule has 0 radical (unpaired) electrons. The predicted octanol–water partition coefficient (Wildman–Crippen LogP) is 2.78. The van der Waals surface area contributed by atoms with Crippen molar-refractivity contribution in [3.63, 3.8) is 0 Å². The molecular formula is C11H11F3N4S. The van der Waals surface area contributed by atoms with Crippen molar-refractivity contribution >= 4 is 22.3 Å². The molecule has 0 aliphatic rings. The number of thiazole rings is 1. The van der Waals surface area contributed by atoms with Crippen LogP contribution in [0.5, 0.6) is 0 Å². The second-order valence-electron chi connectivity index (χ2n) is 3.96. The summed E-state index contributed by atoms with van der Waals surface area (Å²) in [5.74, 6) is 0.403. The van der Waals surface area contributed by atoms with Gasteiger partial charge in [-0.1, -0.05) is 6.07 Å². The van der Waals surface area contributed by atoms with Gasteiger partial charge >= 0.3 is 6.18 Å². The van der Waals surface area contributed by atoms with Crippen molar-refractivity contribution in [2.24, 2.45) is 0 Å². The van der Waals surface area contributed by atoms with Gasteiger partial charge in [-0.3, -0.25) is 0 Å². The van der Waals surface area contributed by atoms with Crippen molar-refractivity contribution in [2.75, 3.05) is 17.7 Å². The number of rotatable bonds is 3. The Bertz CT molecular complexity index is 550. The number of pyridine rings is 1. The molecule has 2 rings (SSSR count). The molecule has 4 nitrogen and oxygen atoms in total. The van der Waals surface area contributed by atoms with Crippen LogP contribution in [0.2, 0.25) is 0 Å². The summed E-state index contributed by atoms with van der Waals surface area (Å²) < 4.78 is 37.3. The lowest BCUT2D eigenvalue weighted by atomic mass is 10.3. The van der Waals surface area contributed by atoms with Crippen LogP contribution in [-0.2, 0) is 12.7 Å². The van der Waals surface area contributed by atoms with Gasteiger partial charge in [0, 0.05) is 25.2 Å². The van der Waals surface area contributed by atoms with Gasteiger partial charge in [-0.25, -0.2) is 9.97 Å². The molecule has 0 aliphatic carbocycles. The van der Waals surface area contributed by atoms with Crippen molar-refractivity contribution in [3.8, 4) is 0 Å². The SMILES string of the molecule is CN(Cc1ccc(N)nc1)c1nc(C(F)(F)F)cs1. The predicted molar refractivity (Wildman–Crippen MR) is 67.9 cm³/mol. The highest BCUT2D eigenvalue weighted by Crippen LogP contribution is 2.32. The van der Waals surface area contributed by atoms with Crippen LogP contribution in [-0.4, -0.2) is 17.0 Å². The zero-order chi connectivity index (χ0) is 14.0. The number of anilines is 2. The minimum Gasteiger partial charge on any atom is -0.384 e. The molecule has 2 aromatic heterocycles. The third-order valence-corrected chi connectivity index (χ3v) is 3.33. The minimum atomic E-state index is -4.40. The fraction of sp³-hybridized carbons (Fsp3) is 0.273. The molecule has 102 valence electrons. The second kappa shape index (κ2) is 5.04. The van der Waals surface area contributed by atoms with Gasteiger partial charge in [0.1, 0.15) is 5.82 Å². The van der Waals surface area contributed by atoms with Gasteiger partial charge in [-0.15, -0.1) is 11.3 Å². The van der Waals surface area contributed by atoms with Gasteiger partial charge in [-0.05, 0) is 11.6 Å². The number of nitrogen functional groups attached to an aromatic ring is 1. The Kier molecular flexibility index (Phi) is 3.61. The van der Waals surface area contributed by atoms with E-state index in [4.69, 9.17) is 5.73 Å². The summed E-state index contributed by atoms with van der Waals surface area (Å²) in [5, 5.41) is 1.32. The van der Waals surface area contributed by atoms with E-state index >= 15 is 0 Å². The van der Waals surface area contributed by atoms with Crippen molar-refractivity contribution < 1.29 is 13.2 Å². The first-order valence-corrected chi connectivity index (χ1v) is 6.18. The number of hydrogen-bond donors (Lipinski definition) is 1. The quantitative estimate of drug-likeness (QED) is 0.943. The summed E-state index contributed by atoms with van der Waals surface area (Å²) in [7, 11) is 1.68. The zero-order valence-corrected chi connectivity index (χ0v) is 10.8. The number of alkyl halides is 3. The molecule has 19 heavy (non-hydrogen) atoms. The molecule has 0 unspecified atom stereocenters. The van der Waals surface area contributed by atoms with Gasteiger partial charge in [0.25, 0.3) is 0 Å². The van der Waals surface area contributed by atoms with Crippen molar-refractivity contribution in [2.45, 2.75) is 12.7 Å². The highest BCUT2D eigenvalue weighted by atomic mass is 32.1. The van der Waals surface area contributed by atoms with Crippen LogP contribution in [0.4, 0.5) is 24.1 Å². The zero-order valence-electron chi connectivity index (χ0n) is 9.98. The Morgan fingerprint density at radius 1 is 1.37 bits per heavy atom. The van der Waals surface area contributed by atoms with Crippen LogP contribution >= 0.6 is 11.3 Å². The van der Waals surface area contributed by atoms with Crippen LogP contribution in [0.1, 0.15) is 11.3 Å². The van der Waals surface area contributed by atoms with E-state index in [-0.39, 0.29) is 0 Å². The van der Waals surface area contributed by atoms with E-state index in [1.807, 2.05) is 0 Å². The fourth-order valence-electron chi connectivity index (χ4n) is 1.44. The van der Waals surface area contributed by atoms with Gasteiger partial charge in [0.05, 0.1) is 0 Å². The van der Waals surface area contributed by atoms with E-state index in [1.54, 1.807) is 30.3 Å². The molecule has 0 saturated carbocycles. The molecular weight excluding hydrogens is 277 g/mol. The lowest BCUT2D eigenvalue weighted by Crippen LogP contribution is -2.17. The maximum absolute atomic E-state index is 12.4. The van der Waals surface area contributed by atoms with E-state index in [2.05, 4.69) is 9.97 Å². The highest BCUT2D eigenvalue weighted by molar-refractivity contribution is 7.13. The first-order chi connectivity index (χ1) is 8.86. The summed E-state index contributed by atoms with van der Waals surface area (Å²) in [6.45, 7) is 0.415. The van der Waals surface area contributed by atoms with Gasteiger partial charge in [-0.2, -0.15) is 13.2 Å². The lowest BCUT2D eigenvalue weighted by Gasteiger charge is -2.15. The molecule has 0 saturated heterocycles. The lowest BCUT2D eigenvalue weighted by molar-refractivity contribution is -0.140. The number of halogens is 3. The molecule has 0 atom stereocenters. The summed E-state index contributed by atoms with van der Waals surface area (Å²) in [6, 6.07) is 3.42. The Balaban J connectivity index is 2.09. The summed E-state index contributed by atoms with van der Waals surface area (Å²) in [6.07, 6.45) is -2.82. The fourth-order valence-corrected chi connectivity index (χ4v) is 2.24. The number of aromatic nitrogens is 2. The van der Waals surface area contributed by atoms with E-state index in [9.17, 15) is 13.2 Å². The molecule has 0 fully saturated rings. The average molecular weight is 288 g/mol. The monoisotopic (exact) mass is 288 g/mol. The Hall–Kier alpha value is -1.83. The number of nitrogens with two attached hydrogens (primary N) is 1. The van der Waals surface area contributed by atoms with E-state index in [0.717, 1.165) is 22.3 Å². The molecule has 0 spiro atoms. The second-order valence-corrected chi connectivity index (χ2v) is 4.80. The normalized spacial score (nSPS) is 11.6. The smallest absolute Gasteiger partial charge is 0.384 e. The number of nitrogens with zero attached hydrogens (tertiary/aromatic N) is 3. The molecule has 0 aliphatic heterocycles. The Labute approximate surface area is 111 Å². The van der Waals surface area contributed by atoms with E-state index < -0.39 is 11.9 Å². The maximum Gasteiger partial charge on any atom is 0.434 e. The van der Waals surface area contributed by atoms with E-state index in [0.29, 0.717) is 17.5 Å². The first kappa shape index (κ1) is 13.6. The molecule has 0 aromatic carbocycles. The minimum absolute atomic E-state index is 0.309. The van der Waals surface area contributed by atoms with Crippen molar-refractivity contribution in [1.82, 2.24) is 9.97 Å². The van der Waals surface area contributed by atoms with Gasteiger partial charge in [0.15, 0.2) is 10.8 Å². The summed E-state index contributed by atoms with van der Waals surface area (Å²) in [5.41, 5.74) is 5.44. The molecule has 0 amide bonds. The maximum atomic E-state index is 12.4. The van der Waals surface area contributed by atoms with Crippen LogP contribution in [0.25, 0.3) is 0 Å². The molecule has 2 heterocycles. The van der Waals surface area contributed by atoms with Crippen LogP contribution in [0.3, 0.4) is 0 Å². The third kappa shape index (κ3) is 3.34. The average Bonchev–Trinajstić information content (AvgIpc) is 2.81. The third-order valence-electron chi connectivity index (χ3n) is 2.38. The van der Waals surface area contributed by atoms with Gasteiger partial charge in [0.2, 0.25) is 0 Å². The molecule has 2 aromatic rings. The van der Waals surface area contributed by atoms with Crippen LogP contribution in [0, 0.1) is 0 Å². The van der Waals surface area contributed by atoms with Crippen molar-refractivity contribution in [1.29, 1.82) is 0 Å². The molecule has 2 N–H and O–H groups in total. The highest BCUT2D eigenvalue weighted by Gasteiger charge is 2.34. The largest absolute Gasteiger partial charge is 0.434 e. The van der Waals surface area contributed by atoms with E-state index in [1.165, 1.54) is 0 Å². The Morgan fingerprint density at radius 2 is 2.11 bits per heavy atom. The Morgan fingerprint density at radius 3 is 2.63 bits per heavy atom. The van der Waals surface area contributed by atoms with Gasteiger partial charge < -0.3 is 10.6 Å². The standard InChI is InChI=1S/C11H11F3N4S/c1-18(5-7-2-3-9(15)16-4-7)10-17-8(6-19-10)11(12,13)14/h2-4,6H,5H2,1H3,(H2,15,16). The topological polar surface area (TPSA) is 55.0 Å².